The molecule has 2 bridgehead atoms. The van der Waals surface area contributed by atoms with Gasteiger partial charge in [-0.1, -0.05) is 54.7 Å². The van der Waals surface area contributed by atoms with E-state index in [1.807, 2.05) is 30.3 Å². The third kappa shape index (κ3) is 6.37. The average molecular weight is 431 g/mol. The van der Waals surface area contributed by atoms with Crippen LogP contribution in [0.4, 0.5) is 0 Å². The van der Waals surface area contributed by atoms with Crippen LogP contribution in [0.2, 0.25) is 0 Å². The summed E-state index contributed by atoms with van der Waals surface area (Å²) in [6.45, 7) is 0.765. The van der Waals surface area contributed by atoms with Crippen molar-refractivity contribution in [2.45, 2.75) is 50.7 Å². The van der Waals surface area contributed by atoms with Gasteiger partial charge in [0.1, 0.15) is 4.99 Å². The number of amides is 1. The number of aliphatic carboxylic acids is 1. The highest BCUT2D eigenvalue weighted by molar-refractivity contribution is 7.80. The Morgan fingerprint density at radius 3 is 2.57 bits per heavy atom. The lowest BCUT2D eigenvalue weighted by Crippen LogP contribution is -2.42. The summed E-state index contributed by atoms with van der Waals surface area (Å²) in [5.74, 6) is -0.102. The molecular formula is C23H30N2O4S. The first-order chi connectivity index (χ1) is 14.5. The average Bonchev–Trinajstić information content (AvgIpc) is 3.35. The minimum absolute atomic E-state index is 0.0704. The zero-order valence-corrected chi connectivity index (χ0v) is 17.9. The summed E-state index contributed by atoms with van der Waals surface area (Å²) in [5, 5.41) is 14.7. The molecule has 2 aliphatic heterocycles. The smallest absolute Gasteiger partial charge is 0.303 e. The number of hydrogen-bond acceptors (Lipinski definition) is 4. The Hall–Kier alpha value is -2.25. The molecule has 0 spiro atoms. The largest absolute Gasteiger partial charge is 0.481 e. The van der Waals surface area contributed by atoms with Crippen molar-refractivity contribution in [1.82, 2.24) is 10.6 Å². The van der Waals surface area contributed by atoms with Crippen LogP contribution in [0.3, 0.4) is 0 Å². The molecular weight excluding hydrogens is 400 g/mol. The van der Waals surface area contributed by atoms with Crippen molar-refractivity contribution >= 4 is 29.1 Å². The highest BCUT2D eigenvalue weighted by atomic mass is 32.1. The van der Waals surface area contributed by atoms with Crippen molar-refractivity contribution in [3.05, 3.63) is 48.0 Å². The minimum atomic E-state index is -0.750. The van der Waals surface area contributed by atoms with E-state index in [0.717, 1.165) is 31.2 Å². The standard InChI is InChI=1S/C23H30N2O4S/c26-21(15-25-23(30)16-8-4-3-5-9-16)24-14-18-17(19-12-13-20(18)29-19)10-6-1-2-7-11-22(27)28/h1,3-6,8-9,17-20H,2,7,10-15H2,(H,24,26)(H,25,30)(H,27,28)/t17-,18+,19-,20+/m1/s1. The van der Waals surface area contributed by atoms with Crippen LogP contribution in [0.25, 0.3) is 0 Å². The van der Waals surface area contributed by atoms with Crippen molar-refractivity contribution in [2.24, 2.45) is 11.8 Å². The molecule has 2 saturated heterocycles. The number of carbonyl (C=O) groups excluding carboxylic acids is 1. The maximum Gasteiger partial charge on any atom is 0.303 e. The number of rotatable bonds is 11. The highest BCUT2D eigenvalue weighted by Crippen LogP contribution is 2.44. The summed E-state index contributed by atoms with van der Waals surface area (Å²) in [7, 11) is 0. The molecule has 1 amide bonds. The number of carboxylic acids is 1. The van der Waals surface area contributed by atoms with Crippen molar-refractivity contribution < 1.29 is 19.4 Å². The summed E-state index contributed by atoms with van der Waals surface area (Å²) in [6.07, 6.45) is 9.40. The van der Waals surface area contributed by atoms with Crippen molar-refractivity contribution in [2.75, 3.05) is 13.1 Å². The summed E-state index contributed by atoms with van der Waals surface area (Å²) in [4.78, 5) is 23.4. The van der Waals surface area contributed by atoms with Crippen molar-refractivity contribution in [3.63, 3.8) is 0 Å². The van der Waals surface area contributed by atoms with Crippen LogP contribution < -0.4 is 10.6 Å². The number of fused-ring (bicyclic) bond motifs is 2. The second-order valence-corrected chi connectivity index (χ2v) is 8.37. The second kappa shape index (κ2) is 11.2. The van der Waals surface area contributed by atoms with Crippen LogP contribution in [0.1, 0.15) is 44.1 Å². The van der Waals surface area contributed by atoms with Gasteiger partial charge in [-0.05, 0) is 38.0 Å². The van der Waals surface area contributed by atoms with Crippen LogP contribution in [-0.2, 0) is 14.3 Å². The summed E-state index contributed by atoms with van der Waals surface area (Å²) in [5.41, 5.74) is 0.900. The molecule has 0 unspecified atom stereocenters. The Morgan fingerprint density at radius 1 is 1.10 bits per heavy atom. The molecule has 0 aliphatic carbocycles. The first kappa shape index (κ1) is 22.4. The molecule has 1 aromatic carbocycles. The first-order valence-electron chi connectivity index (χ1n) is 10.7. The molecule has 162 valence electrons. The van der Waals surface area contributed by atoms with Gasteiger partial charge >= 0.3 is 5.97 Å². The van der Waals surface area contributed by atoms with E-state index >= 15 is 0 Å². The number of allylic oxidation sites excluding steroid dienone is 2. The lowest BCUT2D eigenvalue weighted by Gasteiger charge is -2.27. The molecule has 3 N–H and O–H groups in total. The van der Waals surface area contributed by atoms with E-state index in [1.165, 1.54) is 0 Å². The Morgan fingerprint density at radius 2 is 1.83 bits per heavy atom. The molecule has 6 nitrogen and oxygen atoms in total. The van der Waals surface area contributed by atoms with Gasteiger partial charge in [-0.15, -0.1) is 0 Å². The topological polar surface area (TPSA) is 87.7 Å². The molecule has 2 aliphatic rings. The predicted molar refractivity (Wildman–Crippen MR) is 119 cm³/mol. The molecule has 1 aromatic rings. The predicted octanol–water partition coefficient (Wildman–Crippen LogP) is 3.06. The van der Waals surface area contributed by atoms with Crippen LogP contribution in [0.15, 0.2) is 42.5 Å². The van der Waals surface area contributed by atoms with E-state index in [2.05, 4.69) is 22.8 Å². The number of hydrogen-bond donors (Lipinski definition) is 3. The van der Waals surface area contributed by atoms with Gasteiger partial charge < -0.3 is 20.5 Å². The molecule has 2 heterocycles. The van der Waals surface area contributed by atoms with Crippen LogP contribution in [-0.4, -0.2) is 47.3 Å². The Bertz CT molecular complexity index is 768. The molecule has 4 atom stereocenters. The quantitative estimate of drug-likeness (QED) is 0.284. The van der Waals surface area contributed by atoms with Gasteiger partial charge in [0.15, 0.2) is 0 Å². The van der Waals surface area contributed by atoms with Crippen LogP contribution in [0.5, 0.6) is 0 Å². The third-order valence-corrected chi connectivity index (χ3v) is 6.29. The van der Waals surface area contributed by atoms with E-state index < -0.39 is 5.97 Å². The monoisotopic (exact) mass is 430 g/mol. The number of carbonyl (C=O) groups is 2. The lowest BCUT2D eigenvalue weighted by molar-refractivity contribution is -0.137. The van der Waals surface area contributed by atoms with E-state index in [9.17, 15) is 9.59 Å². The second-order valence-electron chi connectivity index (χ2n) is 7.96. The summed E-state index contributed by atoms with van der Waals surface area (Å²) < 4.78 is 6.10. The molecule has 3 rings (SSSR count). The van der Waals surface area contributed by atoms with Crippen LogP contribution >= 0.6 is 12.2 Å². The van der Waals surface area contributed by atoms with Crippen molar-refractivity contribution in [1.29, 1.82) is 0 Å². The first-order valence-corrected chi connectivity index (χ1v) is 11.1. The molecule has 0 radical (unpaired) electrons. The lowest BCUT2D eigenvalue weighted by atomic mass is 9.77. The van der Waals surface area contributed by atoms with E-state index in [0.29, 0.717) is 29.8 Å². The third-order valence-electron chi connectivity index (χ3n) is 5.91. The Balaban J connectivity index is 1.40. The van der Waals surface area contributed by atoms with Crippen molar-refractivity contribution in [3.8, 4) is 0 Å². The fourth-order valence-electron chi connectivity index (χ4n) is 4.37. The number of ether oxygens (including phenoxy) is 1. The van der Waals surface area contributed by atoms with Gasteiger partial charge in [-0.2, -0.15) is 0 Å². The van der Waals surface area contributed by atoms with Gasteiger partial charge in [-0.3, -0.25) is 9.59 Å². The number of carboxylic acid groups (broad SMARTS) is 1. The van der Waals surface area contributed by atoms with Gasteiger partial charge in [0.2, 0.25) is 5.91 Å². The zero-order chi connectivity index (χ0) is 21.3. The van der Waals surface area contributed by atoms with E-state index in [4.69, 9.17) is 22.1 Å². The zero-order valence-electron chi connectivity index (χ0n) is 17.1. The Labute approximate surface area is 183 Å². The number of nitrogens with one attached hydrogen (secondary N) is 2. The van der Waals surface area contributed by atoms with Crippen LogP contribution in [0, 0.1) is 11.8 Å². The van der Waals surface area contributed by atoms with E-state index in [1.54, 1.807) is 0 Å². The fourth-order valence-corrected chi connectivity index (χ4v) is 4.58. The molecule has 0 aromatic heterocycles. The summed E-state index contributed by atoms with van der Waals surface area (Å²) >= 11 is 5.33. The highest BCUT2D eigenvalue weighted by Gasteiger charge is 2.47. The number of thiocarbonyl (C=S) groups is 1. The Kier molecular flexibility index (Phi) is 8.39. The SMILES string of the molecule is O=C(O)CCCC=CC[C@@H]1[C@H](CNC(=O)CNC(=S)c2ccccc2)[C@@H]2CC[C@H]1O2. The number of benzene rings is 1. The maximum atomic E-state index is 12.3. The van der Waals surface area contributed by atoms with E-state index in [-0.39, 0.29) is 31.1 Å². The summed E-state index contributed by atoms with van der Waals surface area (Å²) in [6, 6.07) is 9.59. The normalized spacial score (nSPS) is 24.8. The molecule has 30 heavy (non-hydrogen) atoms. The maximum absolute atomic E-state index is 12.3. The van der Waals surface area contributed by atoms with Gasteiger partial charge in [0, 0.05) is 24.4 Å². The molecule has 0 saturated carbocycles. The van der Waals surface area contributed by atoms with Gasteiger partial charge in [0.05, 0.1) is 18.8 Å². The number of unbranched alkanes of at least 4 members (excludes halogenated alkanes) is 1. The van der Waals surface area contributed by atoms with Gasteiger partial charge in [0.25, 0.3) is 0 Å². The fraction of sp³-hybridized carbons (Fsp3) is 0.522. The minimum Gasteiger partial charge on any atom is -0.481 e. The molecule has 7 heteroatoms. The molecule has 2 fully saturated rings. The van der Waals surface area contributed by atoms with Gasteiger partial charge in [-0.25, -0.2) is 0 Å².